The number of hydrogen-bond acceptors (Lipinski definition) is 5. The minimum absolute atomic E-state index is 0.188. The van der Waals surface area contributed by atoms with Gasteiger partial charge in [0.25, 0.3) is 5.91 Å². The Labute approximate surface area is 83.9 Å². The minimum atomic E-state index is -0.416. The first-order valence-corrected chi connectivity index (χ1v) is 5.31. The van der Waals surface area contributed by atoms with Gasteiger partial charge >= 0.3 is 0 Å². The van der Waals surface area contributed by atoms with E-state index in [4.69, 9.17) is 9.94 Å². The average Bonchev–Trinajstić information content (AvgIpc) is 2.61. The molecule has 1 amide bonds. The molecule has 13 heavy (non-hydrogen) atoms. The van der Waals surface area contributed by atoms with E-state index < -0.39 is 5.91 Å². The highest BCUT2D eigenvalue weighted by Crippen LogP contribution is 2.34. The Hall–Kier alpha value is -0.720. The van der Waals surface area contributed by atoms with Crippen LogP contribution in [0.4, 0.5) is 0 Å². The number of methoxy groups -OCH3 is 1. The van der Waals surface area contributed by atoms with Gasteiger partial charge in [0, 0.05) is 0 Å². The van der Waals surface area contributed by atoms with Gasteiger partial charge in [0.2, 0.25) is 0 Å². The normalized spacial score (nSPS) is 9.69. The molecule has 72 valence electrons. The molecule has 4 nitrogen and oxygen atoms in total. The van der Waals surface area contributed by atoms with Crippen molar-refractivity contribution in [2.45, 2.75) is 4.21 Å². The Morgan fingerprint density at radius 3 is 3.23 bits per heavy atom. The number of carbonyl (C=O) groups is 1. The molecule has 0 bridgehead atoms. The van der Waals surface area contributed by atoms with Gasteiger partial charge in [0.15, 0.2) is 0 Å². The van der Waals surface area contributed by atoms with Crippen LogP contribution in [0.25, 0.3) is 0 Å². The Morgan fingerprint density at radius 1 is 1.85 bits per heavy atom. The first-order valence-electron chi connectivity index (χ1n) is 3.45. The molecule has 0 saturated heterocycles. The minimum Gasteiger partial charge on any atom is -0.495 e. The monoisotopic (exact) mass is 219 g/mol. The van der Waals surface area contributed by atoms with E-state index in [2.05, 4.69) is 0 Å². The highest BCUT2D eigenvalue weighted by atomic mass is 32.2. The maximum atomic E-state index is 10.7. The summed E-state index contributed by atoms with van der Waals surface area (Å²) in [6.45, 7) is 0. The predicted octanol–water partition coefficient (Wildman–Crippen LogP) is 1.35. The van der Waals surface area contributed by atoms with Gasteiger partial charge in [-0.15, -0.1) is 23.1 Å². The molecule has 0 aliphatic rings. The number of amides is 1. The number of hydrogen-bond donors (Lipinski definition) is 2. The van der Waals surface area contributed by atoms with Crippen LogP contribution in [0.5, 0.6) is 5.75 Å². The van der Waals surface area contributed by atoms with Crippen molar-refractivity contribution in [2.24, 2.45) is 0 Å². The molecule has 0 radical (unpaired) electrons. The smallest absolute Gasteiger partial charge is 0.253 e. The summed E-state index contributed by atoms with van der Waals surface area (Å²) in [6.07, 6.45) is 0. The largest absolute Gasteiger partial charge is 0.495 e. The molecule has 1 aromatic rings. The number of rotatable bonds is 4. The molecule has 1 rings (SSSR count). The van der Waals surface area contributed by atoms with Crippen molar-refractivity contribution in [1.82, 2.24) is 5.48 Å². The highest BCUT2D eigenvalue weighted by Gasteiger charge is 2.07. The van der Waals surface area contributed by atoms with Gasteiger partial charge in [0.05, 0.1) is 12.9 Å². The van der Waals surface area contributed by atoms with Crippen LogP contribution in [0, 0.1) is 0 Å². The van der Waals surface area contributed by atoms with E-state index in [1.54, 1.807) is 12.6 Å². The average molecular weight is 219 g/mol. The fourth-order valence-corrected chi connectivity index (χ4v) is 2.52. The lowest BCUT2D eigenvalue weighted by molar-refractivity contribution is -0.126. The van der Waals surface area contributed by atoms with Crippen LogP contribution < -0.4 is 10.2 Å². The SMILES string of the molecule is COc1ccsc1SCC(=O)NO. The third-order valence-electron chi connectivity index (χ3n) is 1.27. The second-order valence-electron chi connectivity index (χ2n) is 2.10. The molecule has 0 aliphatic heterocycles. The van der Waals surface area contributed by atoms with E-state index in [0.29, 0.717) is 0 Å². The Bertz CT molecular complexity index is 287. The van der Waals surface area contributed by atoms with Gasteiger partial charge < -0.3 is 4.74 Å². The number of thioether (sulfide) groups is 1. The molecule has 1 heterocycles. The predicted molar refractivity (Wildman–Crippen MR) is 51.5 cm³/mol. The van der Waals surface area contributed by atoms with Crippen LogP contribution in [-0.2, 0) is 4.79 Å². The zero-order valence-corrected chi connectivity index (χ0v) is 8.58. The van der Waals surface area contributed by atoms with Crippen molar-refractivity contribution in [3.63, 3.8) is 0 Å². The van der Waals surface area contributed by atoms with Crippen LogP contribution in [0.3, 0.4) is 0 Å². The Balaban J connectivity index is 2.49. The van der Waals surface area contributed by atoms with Crippen molar-refractivity contribution >= 4 is 29.0 Å². The number of nitrogens with one attached hydrogen (secondary N) is 1. The number of ether oxygens (including phenoxy) is 1. The summed E-state index contributed by atoms with van der Waals surface area (Å²) in [5.74, 6) is 0.536. The third kappa shape index (κ3) is 2.91. The van der Waals surface area contributed by atoms with Gasteiger partial charge in [-0.05, 0) is 11.4 Å². The first kappa shape index (κ1) is 10.4. The van der Waals surface area contributed by atoms with Gasteiger partial charge in [-0.1, -0.05) is 0 Å². The van der Waals surface area contributed by atoms with Gasteiger partial charge in [-0.2, -0.15) is 0 Å². The fraction of sp³-hybridized carbons (Fsp3) is 0.286. The van der Waals surface area contributed by atoms with E-state index >= 15 is 0 Å². The molecule has 6 heteroatoms. The maximum Gasteiger partial charge on any atom is 0.253 e. The summed E-state index contributed by atoms with van der Waals surface area (Å²) in [7, 11) is 1.58. The number of carbonyl (C=O) groups excluding carboxylic acids is 1. The fourth-order valence-electron chi connectivity index (χ4n) is 0.704. The van der Waals surface area contributed by atoms with Crippen molar-refractivity contribution in [2.75, 3.05) is 12.9 Å². The summed E-state index contributed by atoms with van der Waals surface area (Å²) in [5, 5.41) is 10.1. The Kier molecular flexibility index (Phi) is 4.07. The summed E-state index contributed by atoms with van der Waals surface area (Å²) < 4.78 is 5.98. The van der Waals surface area contributed by atoms with E-state index in [-0.39, 0.29) is 5.75 Å². The lowest BCUT2D eigenvalue weighted by atomic mass is 10.6. The Morgan fingerprint density at radius 2 is 2.62 bits per heavy atom. The molecular formula is C7H9NO3S2. The van der Waals surface area contributed by atoms with Crippen LogP contribution in [0.15, 0.2) is 15.7 Å². The molecule has 0 aliphatic carbocycles. The molecule has 0 atom stereocenters. The summed E-state index contributed by atoms with van der Waals surface area (Å²) >= 11 is 2.84. The summed E-state index contributed by atoms with van der Waals surface area (Å²) in [5.41, 5.74) is 1.57. The van der Waals surface area contributed by atoms with E-state index in [9.17, 15) is 4.79 Å². The van der Waals surface area contributed by atoms with E-state index in [0.717, 1.165) is 9.96 Å². The first-order chi connectivity index (χ1) is 6.27. The van der Waals surface area contributed by atoms with Crippen LogP contribution in [-0.4, -0.2) is 24.0 Å². The van der Waals surface area contributed by atoms with Crippen LogP contribution in [0.1, 0.15) is 0 Å². The van der Waals surface area contributed by atoms with E-state index in [1.165, 1.54) is 23.1 Å². The zero-order valence-electron chi connectivity index (χ0n) is 6.94. The van der Waals surface area contributed by atoms with Gasteiger partial charge in [-0.25, -0.2) is 5.48 Å². The topological polar surface area (TPSA) is 58.6 Å². The van der Waals surface area contributed by atoms with Crippen molar-refractivity contribution in [3.8, 4) is 5.75 Å². The number of thiophene rings is 1. The maximum absolute atomic E-state index is 10.7. The molecule has 0 fully saturated rings. The second kappa shape index (κ2) is 5.11. The number of hydroxylamine groups is 1. The van der Waals surface area contributed by atoms with Crippen molar-refractivity contribution in [1.29, 1.82) is 0 Å². The van der Waals surface area contributed by atoms with Gasteiger partial charge in [0.1, 0.15) is 9.96 Å². The zero-order chi connectivity index (χ0) is 9.68. The lowest BCUT2D eigenvalue weighted by Crippen LogP contribution is -2.20. The molecule has 0 spiro atoms. The molecule has 2 N–H and O–H groups in total. The van der Waals surface area contributed by atoms with Crippen molar-refractivity contribution < 1.29 is 14.7 Å². The highest BCUT2D eigenvalue weighted by molar-refractivity contribution is 8.01. The lowest BCUT2D eigenvalue weighted by Gasteiger charge is -2.00. The van der Waals surface area contributed by atoms with Crippen LogP contribution in [0.2, 0.25) is 0 Å². The third-order valence-corrected chi connectivity index (χ3v) is 3.47. The molecule has 0 unspecified atom stereocenters. The quantitative estimate of drug-likeness (QED) is 0.456. The van der Waals surface area contributed by atoms with Crippen LogP contribution >= 0.6 is 23.1 Å². The summed E-state index contributed by atoms with van der Waals surface area (Å²) in [4.78, 5) is 10.7. The molecule has 0 saturated carbocycles. The molecular weight excluding hydrogens is 210 g/mol. The molecule has 0 aromatic carbocycles. The summed E-state index contributed by atoms with van der Waals surface area (Å²) in [6, 6.07) is 1.84. The standard InChI is InChI=1S/C7H9NO3S2/c1-11-5-2-3-12-7(5)13-4-6(9)8-10/h2-3,10H,4H2,1H3,(H,8,9). The van der Waals surface area contributed by atoms with E-state index in [1.807, 2.05) is 11.4 Å². The van der Waals surface area contributed by atoms with Gasteiger partial charge in [-0.3, -0.25) is 10.0 Å². The van der Waals surface area contributed by atoms with Crippen molar-refractivity contribution in [3.05, 3.63) is 11.4 Å². The second-order valence-corrected chi connectivity index (χ2v) is 4.26. The molecule has 1 aromatic heterocycles.